The topological polar surface area (TPSA) is 24.9 Å². The Labute approximate surface area is 83.4 Å². The quantitative estimate of drug-likeness (QED) is 0.785. The minimum atomic E-state index is 0.680. The van der Waals surface area contributed by atoms with E-state index >= 15 is 0 Å². The maximum atomic E-state index is 4.32. The lowest BCUT2D eigenvalue weighted by atomic mass is 9.96. The van der Waals surface area contributed by atoms with Gasteiger partial charge in [-0.25, -0.2) is 4.98 Å². The van der Waals surface area contributed by atoms with Crippen LogP contribution in [-0.2, 0) is 0 Å². The van der Waals surface area contributed by atoms with Crippen LogP contribution in [0.15, 0.2) is 6.20 Å². The van der Waals surface area contributed by atoms with Gasteiger partial charge < -0.3 is 5.32 Å². The van der Waals surface area contributed by atoms with Crippen molar-refractivity contribution < 1.29 is 0 Å². The summed E-state index contributed by atoms with van der Waals surface area (Å²) in [5.41, 5.74) is 0. The van der Waals surface area contributed by atoms with Crippen molar-refractivity contribution in [2.75, 3.05) is 5.32 Å². The first kappa shape index (κ1) is 9.00. The molecule has 1 saturated carbocycles. The number of nitrogens with one attached hydrogen (secondary N) is 1. The van der Waals surface area contributed by atoms with E-state index in [1.54, 1.807) is 11.3 Å². The van der Waals surface area contributed by atoms with Gasteiger partial charge in [0.05, 0.1) is 0 Å². The summed E-state index contributed by atoms with van der Waals surface area (Å²) in [6.45, 7) is 2.10. The summed E-state index contributed by atoms with van der Waals surface area (Å²) in [4.78, 5) is 5.61. The van der Waals surface area contributed by atoms with Gasteiger partial charge in [0, 0.05) is 17.1 Å². The summed E-state index contributed by atoms with van der Waals surface area (Å²) in [6.07, 6.45) is 8.74. The number of aryl methyl sites for hydroxylation is 1. The highest BCUT2D eigenvalue weighted by Gasteiger charge is 2.13. The summed E-state index contributed by atoms with van der Waals surface area (Å²) in [5, 5.41) is 4.61. The minimum Gasteiger partial charge on any atom is -0.359 e. The molecule has 3 heteroatoms. The molecule has 0 bridgehead atoms. The Balaban J connectivity index is 1.89. The van der Waals surface area contributed by atoms with E-state index in [1.165, 1.54) is 37.0 Å². The molecule has 0 aromatic carbocycles. The van der Waals surface area contributed by atoms with Crippen molar-refractivity contribution in [2.24, 2.45) is 0 Å². The molecule has 1 fully saturated rings. The Hall–Kier alpha value is -0.570. The number of anilines is 1. The van der Waals surface area contributed by atoms with Crippen molar-refractivity contribution in [3.05, 3.63) is 11.1 Å². The molecular weight excluding hydrogens is 180 g/mol. The number of hydrogen-bond acceptors (Lipinski definition) is 3. The number of hydrogen-bond donors (Lipinski definition) is 1. The monoisotopic (exact) mass is 196 g/mol. The van der Waals surface area contributed by atoms with Crippen LogP contribution in [0.2, 0.25) is 0 Å². The molecule has 0 unspecified atom stereocenters. The van der Waals surface area contributed by atoms with Crippen molar-refractivity contribution in [3.8, 4) is 0 Å². The zero-order valence-electron chi connectivity index (χ0n) is 8.05. The van der Waals surface area contributed by atoms with E-state index in [0.29, 0.717) is 6.04 Å². The molecular formula is C10H16N2S. The van der Waals surface area contributed by atoms with Gasteiger partial charge >= 0.3 is 0 Å². The van der Waals surface area contributed by atoms with Crippen molar-refractivity contribution in [1.82, 2.24) is 4.98 Å². The Morgan fingerprint density at radius 3 is 2.77 bits per heavy atom. The highest BCUT2D eigenvalue weighted by molar-refractivity contribution is 7.15. The maximum absolute atomic E-state index is 4.32. The molecule has 2 nitrogen and oxygen atoms in total. The summed E-state index contributed by atoms with van der Waals surface area (Å²) >= 11 is 1.76. The average Bonchev–Trinajstić information content (AvgIpc) is 2.53. The van der Waals surface area contributed by atoms with Crippen LogP contribution in [0.5, 0.6) is 0 Å². The van der Waals surface area contributed by atoms with Gasteiger partial charge in [0.1, 0.15) is 0 Å². The fourth-order valence-corrected chi connectivity index (χ4v) is 2.58. The maximum Gasteiger partial charge on any atom is 0.183 e. The van der Waals surface area contributed by atoms with E-state index in [1.807, 2.05) is 6.20 Å². The molecule has 0 aliphatic heterocycles. The second kappa shape index (κ2) is 4.09. The third kappa shape index (κ3) is 2.44. The molecule has 1 aromatic rings. The standard InChI is InChI=1S/C10H16N2S/c1-8-7-11-10(13-8)12-9-5-3-2-4-6-9/h7,9H,2-6H2,1H3,(H,11,12). The SMILES string of the molecule is Cc1cnc(NC2CCCCC2)s1. The van der Waals surface area contributed by atoms with Crippen LogP contribution < -0.4 is 5.32 Å². The molecule has 1 aliphatic rings. The number of thiazole rings is 1. The minimum absolute atomic E-state index is 0.680. The lowest BCUT2D eigenvalue weighted by Gasteiger charge is -2.22. The summed E-state index contributed by atoms with van der Waals surface area (Å²) in [7, 11) is 0. The third-order valence-electron chi connectivity index (χ3n) is 2.55. The first-order valence-electron chi connectivity index (χ1n) is 5.03. The van der Waals surface area contributed by atoms with Crippen LogP contribution in [0.4, 0.5) is 5.13 Å². The molecule has 0 atom stereocenters. The fraction of sp³-hybridized carbons (Fsp3) is 0.700. The third-order valence-corrected chi connectivity index (χ3v) is 3.40. The Morgan fingerprint density at radius 1 is 1.38 bits per heavy atom. The smallest absolute Gasteiger partial charge is 0.183 e. The fourth-order valence-electron chi connectivity index (χ4n) is 1.84. The molecule has 0 radical (unpaired) electrons. The van der Waals surface area contributed by atoms with Crippen LogP contribution in [0.1, 0.15) is 37.0 Å². The summed E-state index contributed by atoms with van der Waals surface area (Å²) < 4.78 is 0. The molecule has 1 aromatic heterocycles. The van der Waals surface area contributed by atoms with Crippen molar-refractivity contribution >= 4 is 16.5 Å². The van der Waals surface area contributed by atoms with Crippen molar-refractivity contribution in [2.45, 2.75) is 45.1 Å². The lowest BCUT2D eigenvalue weighted by molar-refractivity contribution is 0.462. The Morgan fingerprint density at radius 2 is 2.15 bits per heavy atom. The van der Waals surface area contributed by atoms with E-state index in [2.05, 4.69) is 17.2 Å². The van der Waals surface area contributed by atoms with Crippen LogP contribution in [0, 0.1) is 6.92 Å². The molecule has 1 heterocycles. The van der Waals surface area contributed by atoms with Gasteiger partial charge in [-0.15, -0.1) is 11.3 Å². The zero-order chi connectivity index (χ0) is 9.10. The predicted molar refractivity (Wildman–Crippen MR) is 57.3 cm³/mol. The molecule has 72 valence electrons. The Bertz CT molecular complexity index is 264. The second-order valence-corrected chi connectivity index (χ2v) is 4.99. The van der Waals surface area contributed by atoms with Crippen LogP contribution >= 0.6 is 11.3 Å². The van der Waals surface area contributed by atoms with E-state index in [9.17, 15) is 0 Å². The molecule has 1 aliphatic carbocycles. The lowest BCUT2D eigenvalue weighted by Crippen LogP contribution is -2.21. The van der Waals surface area contributed by atoms with E-state index in [0.717, 1.165) is 5.13 Å². The number of rotatable bonds is 2. The van der Waals surface area contributed by atoms with Gasteiger partial charge in [-0.1, -0.05) is 19.3 Å². The van der Waals surface area contributed by atoms with Gasteiger partial charge in [0.25, 0.3) is 0 Å². The highest BCUT2D eigenvalue weighted by Crippen LogP contribution is 2.23. The predicted octanol–water partition coefficient (Wildman–Crippen LogP) is 3.20. The van der Waals surface area contributed by atoms with Crippen LogP contribution in [-0.4, -0.2) is 11.0 Å². The van der Waals surface area contributed by atoms with Gasteiger partial charge in [0.2, 0.25) is 0 Å². The molecule has 1 N–H and O–H groups in total. The van der Waals surface area contributed by atoms with E-state index in [-0.39, 0.29) is 0 Å². The van der Waals surface area contributed by atoms with Crippen molar-refractivity contribution in [3.63, 3.8) is 0 Å². The molecule has 2 rings (SSSR count). The van der Waals surface area contributed by atoms with Gasteiger partial charge in [-0.2, -0.15) is 0 Å². The first-order valence-corrected chi connectivity index (χ1v) is 5.85. The molecule has 13 heavy (non-hydrogen) atoms. The molecule has 0 amide bonds. The average molecular weight is 196 g/mol. The zero-order valence-corrected chi connectivity index (χ0v) is 8.86. The highest BCUT2D eigenvalue weighted by atomic mass is 32.1. The van der Waals surface area contributed by atoms with Gasteiger partial charge in [0.15, 0.2) is 5.13 Å². The van der Waals surface area contributed by atoms with Crippen molar-refractivity contribution in [1.29, 1.82) is 0 Å². The van der Waals surface area contributed by atoms with Crippen LogP contribution in [0.3, 0.4) is 0 Å². The Kier molecular flexibility index (Phi) is 2.83. The summed E-state index contributed by atoms with van der Waals surface area (Å²) in [6, 6.07) is 0.680. The molecule has 0 saturated heterocycles. The summed E-state index contributed by atoms with van der Waals surface area (Å²) in [5.74, 6) is 0. The van der Waals surface area contributed by atoms with E-state index in [4.69, 9.17) is 0 Å². The first-order chi connectivity index (χ1) is 6.34. The van der Waals surface area contributed by atoms with Crippen LogP contribution in [0.25, 0.3) is 0 Å². The molecule has 0 spiro atoms. The van der Waals surface area contributed by atoms with Gasteiger partial charge in [-0.05, 0) is 19.8 Å². The number of nitrogens with zero attached hydrogens (tertiary/aromatic N) is 1. The number of aromatic nitrogens is 1. The normalized spacial score (nSPS) is 18.8. The van der Waals surface area contributed by atoms with E-state index < -0.39 is 0 Å². The second-order valence-electron chi connectivity index (χ2n) is 3.76. The van der Waals surface area contributed by atoms with Gasteiger partial charge in [-0.3, -0.25) is 0 Å². The largest absolute Gasteiger partial charge is 0.359 e.